The van der Waals surface area contributed by atoms with Gasteiger partial charge >= 0.3 is 0 Å². The molecule has 1 unspecified atom stereocenters. The summed E-state index contributed by atoms with van der Waals surface area (Å²) >= 11 is 5.68. The number of hydrogen-bond donors (Lipinski definition) is 0. The summed E-state index contributed by atoms with van der Waals surface area (Å²) in [6, 6.07) is -0.0301. The van der Waals surface area contributed by atoms with Crippen molar-refractivity contribution in [2.24, 2.45) is 0 Å². The molecule has 72 valence electrons. The maximum absolute atomic E-state index is 11.1. The van der Waals surface area contributed by atoms with Gasteiger partial charge in [0.15, 0.2) is 9.84 Å². The molecule has 6 heteroatoms. The Morgan fingerprint density at radius 1 is 1.62 bits per heavy atom. The van der Waals surface area contributed by atoms with E-state index >= 15 is 0 Å². The molecule has 0 amide bonds. The second-order valence-corrected chi connectivity index (χ2v) is 5.86. The van der Waals surface area contributed by atoms with Crippen molar-refractivity contribution in [1.82, 2.24) is 9.78 Å². The topological polar surface area (TPSA) is 52.0 Å². The van der Waals surface area contributed by atoms with Gasteiger partial charge in [0.25, 0.3) is 0 Å². The highest BCUT2D eigenvalue weighted by Crippen LogP contribution is 2.23. The lowest BCUT2D eigenvalue weighted by molar-refractivity contribution is 0.499. The van der Waals surface area contributed by atoms with Crippen LogP contribution >= 0.6 is 11.6 Å². The fourth-order valence-corrected chi connectivity index (χ4v) is 3.35. The van der Waals surface area contributed by atoms with E-state index in [1.807, 2.05) is 0 Å². The molecule has 0 aromatic carbocycles. The third kappa shape index (κ3) is 1.86. The van der Waals surface area contributed by atoms with Crippen LogP contribution in [0.15, 0.2) is 12.4 Å². The number of nitrogens with zero attached hydrogens (tertiary/aromatic N) is 2. The minimum absolute atomic E-state index is 0.0301. The predicted octanol–water partition coefficient (Wildman–Crippen LogP) is 0.896. The third-order valence-corrected chi connectivity index (χ3v) is 4.10. The van der Waals surface area contributed by atoms with Gasteiger partial charge in [0.2, 0.25) is 0 Å². The third-order valence-electron chi connectivity index (χ3n) is 2.15. The molecular weight excluding hydrogens is 212 g/mol. The Bertz CT molecular complexity index is 412. The zero-order valence-electron chi connectivity index (χ0n) is 6.85. The second-order valence-electron chi connectivity index (χ2n) is 3.20. The van der Waals surface area contributed by atoms with Crippen molar-refractivity contribution < 1.29 is 8.42 Å². The van der Waals surface area contributed by atoms with Crippen molar-refractivity contribution in [3.63, 3.8) is 0 Å². The first kappa shape index (κ1) is 9.02. The molecule has 1 saturated heterocycles. The van der Waals surface area contributed by atoms with Gasteiger partial charge in [-0.3, -0.25) is 4.68 Å². The van der Waals surface area contributed by atoms with Crippen LogP contribution in [0.2, 0.25) is 5.02 Å². The zero-order valence-corrected chi connectivity index (χ0v) is 8.42. The highest BCUT2D eigenvalue weighted by atomic mass is 35.5. The average Bonchev–Trinajstić information content (AvgIpc) is 2.56. The van der Waals surface area contributed by atoms with Gasteiger partial charge in [-0.1, -0.05) is 11.6 Å². The van der Waals surface area contributed by atoms with E-state index in [-0.39, 0.29) is 17.5 Å². The van der Waals surface area contributed by atoms with E-state index < -0.39 is 9.84 Å². The molecule has 13 heavy (non-hydrogen) atoms. The molecule has 1 atom stereocenters. The van der Waals surface area contributed by atoms with E-state index in [2.05, 4.69) is 5.10 Å². The number of rotatable bonds is 1. The van der Waals surface area contributed by atoms with Crippen LogP contribution < -0.4 is 0 Å². The SMILES string of the molecule is O=S1(=O)CCC(n2cc(Cl)cn2)C1. The Labute approximate surface area is 81.4 Å². The summed E-state index contributed by atoms with van der Waals surface area (Å²) in [5.41, 5.74) is 0. The van der Waals surface area contributed by atoms with E-state index in [4.69, 9.17) is 11.6 Å². The van der Waals surface area contributed by atoms with Crippen LogP contribution in [-0.4, -0.2) is 29.7 Å². The normalized spacial score (nSPS) is 26.4. The van der Waals surface area contributed by atoms with Crippen molar-refractivity contribution in [3.05, 3.63) is 17.4 Å². The molecule has 0 saturated carbocycles. The largest absolute Gasteiger partial charge is 0.267 e. The standard InChI is InChI=1S/C7H9ClN2O2S/c8-6-3-9-10(4-6)7-1-2-13(11,12)5-7/h3-4,7H,1-2,5H2. The Morgan fingerprint density at radius 2 is 2.38 bits per heavy atom. The Kier molecular flexibility index (Phi) is 2.08. The van der Waals surface area contributed by atoms with Crippen LogP contribution in [0.4, 0.5) is 0 Å². The lowest BCUT2D eigenvalue weighted by Crippen LogP contribution is -2.11. The van der Waals surface area contributed by atoms with Gasteiger partial charge in [0.05, 0.1) is 28.8 Å². The van der Waals surface area contributed by atoms with Crippen molar-refractivity contribution in [2.45, 2.75) is 12.5 Å². The minimum Gasteiger partial charge on any atom is -0.267 e. The summed E-state index contributed by atoms with van der Waals surface area (Å²) in [5, 5.41) is 4.53. The van der Waals surface area contributed by atoms with E-state index in [1.54, 1.807) is 10.9 Å². The molecule has 2 heterocycles. The van der Waals surface area contributed by atoms with Crippen molar-refractivity contribution in [2.75, 3.05) is 11.5 Å². The summed E-state index contributed by atoms with van der Waals surface area (Å²) in [6.07, 6.45) is 3.82. The van der Waals surface area contributed by atoms with E-state index in [1.165, 1.54) is 6.20 Å². The lowest BCUT2D eigenvalue weighted by atomic mass is 10.3. The van der Waals surface area contributed by atoms with Crippen LogP contribution in [0.25, 0.3) is 0 Å². The number of hydrogen-bond acceptors (Lipinski definition) is 3. The molecule has 0 aliphatic carbocycles. The van der Waals surface area contributed by atoms with E-state index in [9.17, 15) is 8.42 Å². The van der Waals surface area contributed by atoms with Crippen molar-refractivity contribution in [1.29, 1.82) is 0 Å². The Morgan fingerprint density at radius 3 is 2.85 bits per heavy atom. The van der Waals surface area contributed by atoms with Crippen LogP contribution in [-0.2, 0) is 9.84 Å². The molecule has 1 aromatic heterocycles. The van der Waals surface area contributed by atoms with Crippen molar-refractivity contribution >= 4 is 21.4 Å². The number of sulfone groups is 1. The van der Waals surface area contributed by atoms with Crippen LogP contribution in [0, 0.1) is 0 Å². The predicted molar refractivity (Wildman–Crippen MR) is 49.5 cm³/mol. The molecule has 4 nitrogen and oxygen atoms in total. The first-order valence-electron chi connectivity index (χ1n) is 3.97. The van der Waals surface area contributed by atoms with Crippen molar-refractivity contribution in [3.8, 4) is 0 Å². The van der Waals surface area contributed by atoms with Crippen LogP contribution in [0.5, 0.6) is 0 Å². The molecule has 0 N–H and O–H groups in total. The Balaban J connectivity index is 2.21. The molecular formula is C7H9ClN2O2S. The van der Waals surface area contributed by atoms with Gasteiger partial charge in [0.1, 0.15) is 0 Å². The van der Waals surface area contributed by atoms with Crippen LogP contribution in [0.3, 0.4) is 0 Å². The first-order valence-corrected chi connectivity index (χ1v) is 6.17. The Hall–Kier alpha value is -0.550. The summed E-state index contributed by atoms with van der Waals surface area (Å²) < 4.78 is 23.9. The monoisotopic (exact) mass is 220 g/mol. The quantitative estimate of drug-likeness (QED) is 0.707. The summed E-state index contributed by atoms with van der Waals surface area (Å²) in [7, 11) is -2.84. The van der Waals surface area contributed by atoms with Gasteiger partial charge in [-0.25, -0.2) is 8.42 Å². The maximum Gasteiger partial charge on any atom is 0.152 e. The lowest BCUT2D eigenvalue weighted by Gasteiger charge is -2.06. The van der Waals surface area contributed by atoms with Gasteiger partial charge in [-0.05, 0) is 6.42 Å². The van der Waals surface area contributed by atoms with Gasteiger partial charge in [-0.15, -0.1) is 0 Å². The molecule has 0 bridgehead atoms. The van der Waals surface area contributed by atoms with E-state index in [0.717, 1.165) is 0 Å². The molecule has 1 aliphatic rings. The molecule has 1 aromatic rings. The average molecular weight is 221 g/mol. The summed E-state index contributed by atoms with van der Waals surface area (Å²) in [5.74, 6) is 0.445. The summed E-state index contributed by atoms with van der Waals surface area (Å²) in [4.78, 5) is 0. The van der Waals surface area contributed by atoms with Gasteiger partial charge < -0.3 is 0 Å². The smallest absolute Gasteiger partial charge is 0.152 e. The van der Waals surface area contributed by atoms with Crippen LogP contribution in [0.1, 0.15) is 12.5 Å². The highest BCUT2D eigenvalue weighted by Gasteiger charge is 2.29. The molecule has 0 spiro atoms. The fraction of sp³-hybridized carbons (Fsp3) is 0.571. The minimum atomic E-state index is -2.84. The maximum atomic E-state index is 11.1. The number of aromatic nitrogens is 2. The highest BCUT2D eigenvalue weighted by molar-refractivity contribution is 7.91. The molecule has 0 radical (unpaired) electrons. The molecule has 1 aliphatic heterocycles. The van der Waals surface area contributed by atoms with E-state index in [0.29, 0.717) is 11.4 Å². The second kappa shape index (κ2) is 2.99. The fourth-order valence-electron chi connectivity index (χ4n) is 1.50. The summed E-state index contributed by atoms with van der Waals surface area (Å²) in [6.45, 7) is 0. The molecule has 2 rings (SSSR count). The number of halogens is 1. The zero-order chi connectivity index (χ0) is 9.47. The van der Waals surface area contributed by atoms with Gasteiger partial charge in [0, 0.05) is 6.20 Å². The first-order chi connectivity index (χ1) is 6.07. The molecule has 1 fully saturated rings. The van der Waals surface area contributed by atoms with Gasteiger partial charge in [-0.2, -0.15) is 5.10 Å².